The van der Waals surface area contributed by atoms with Crippen LogP contribution < -0.4 is 0 Å². The monoisotopic (exact) mass is 201 g/mol. The van der Waals surface area contributed by atoms with E-state index in [1.807, 2.05) is 13.8 Å². The van der Waals surface area contributed by atoms with E-state index < -0.39 is 12.1 Å². The Morgan fingerprint density at radius 2 is 2.36 bits per heavy atom. The molecule has 0 aromatic heterocycles. The van der Waals surface area contributed by atoms with Gasteiger partial charge in [0, 0.05) is 18.5 Å². The maximum absolute atomic E-state index is 11.3. The number of carbonyl (C=O) groups is 2. The lowest BCUT2D eigenvalue weighted by molar-refractivity contribution is -0.138. The van der Waals surface area contributed by atoms with Crippen molar-refractivity contribution in [2.24, 2.45) is 0 Å². The summed E-state index contributed by atoms with van der Waals surface area (Å²) >= 11 is 0. The number of cyclic esters (lactones) is 1. The highest BCUT2D eigenvalue weighted by molar-refractivity contribution is 5.72. The van der Waals surface area contributed by atoms with Gasteiger partial charge >= 0.3 is 12.1 Å². The van der Waals surface area contributed by atoms with E-state index in [2.05, 4.69) is 0 Å². The summed E-state index contributed by atoms with van der Waals surface area (Å²) in [4.78, 5) is 23.4. The minimum atomic E-state index is -0.879. The van der Waals surface area contributed by atoms with Crippen molar-refractivity contribution < 1.29 is 19.4 Å². The lowest BCUT2D eigenvalue weighted by Gasteiger charge is -2.36. The van der Waals surface area contributed by atoms with Gasteiger partial charge in [0.25, 0.3) is 0 Å². The number of carbonyl (C=O) groups excluding carboxylic acids is 1. The minimum Gasteiger partial charge on any atom is -0.481 e. The van der Waals surface area contributed by atoms with Crippen LogP contribution >= 0.6 is 0 Å². The van der Waals surface area contributed by atoms with Gasteiger partial charge in [0.05, 0.1) is 13.0 Å². The molecular formula is C9H15NO4. The second kappa shape index (κ2) is 4.30. The van der Waals surface area contributed by atoms with Gasteiger partial charge in [0.1, 0.15) is 0 Å². The smallest absolute Gasteiger partial charge is 0.410 e. The van der Waals surface area contributed by atoms with E-state index in [1.54, 1.807) is 0 Å². The van der Waals surface area contributed by atoms with Gasteiger partial charge < -0.3 is 14.7 Å². The summed E-state index contributed by atoms with van der Waals surface area (Å²) in [6.07, 6.45) is 0.182. The molecule has 0 spiro atoms. The first-order valence-corrected chi connectivity index (χ1v) is 4.69. The lowest BCUT2D eigenvalue weighted by Crippen LogP contribution is -2.50. The predicted molar refractivity (Wildman–Crippen MR) is 49.0 cm³/mol. The van der Waals surface area contributed by atoms with Crippen LogP contribution in [0.4, 0.5) is 4.79 Å². The van der Waals surface area contributed by atoms with Gasteiger partial charge in [-0.15, -0.1) is 0 Å². The van der Waals surface area contributed by atoms with Gasteiger partial charge in [-0.05, 0) is 13.8 Å². The highest BCUT2D eigenvalue weighted by Gasteiger charge is 2.32. The van der Waals surface area contributed by atoms with Crippen molar-refractivity contribution in [3.63, 3.8) is 0 Å². The van der Waals surface area contributed by atoms with Gasteiger partial charge in [-0.2, -0.15) is 0 Å². The first-order valence-electron chi connectivity index (χ1n) is 4.69. The van der Waals surface area contributed by atoms with Crippen molar-refractivity contribution in [3.05, 3.63) is 0 Å². The van der Waals surface area contributed by atoms with Crippen LogP contribution in [-0.2, 0) is 9.53 Å². The molecule has 5 nitrogen and oxygen atoms in total. The molecule has 0 aliphatic carbocycles. The summed E-state index contributed by atoms with van der Waals surface area (Å²) in [5, 5.41) is 8.67. The molecule has 0 aromatic rings. The van der Waals surface area contributed by atoms with Crippen molar-refractivity contribution >= 4 is 12.1 Å². The Kier molecular flexibility index (Phi) is 3.33. The van der Waals surface area contributed by atoms with Crippen LogP contribution in [0.1, 0.15) is 26.7 Å². The van der Waals surface area contributed by atoms with Gasteiger partial charge in [0.15, 0.2) is 0 Å². The van der Waals surface area contributed by atoms with Crippen LogP contribution in [0.2, 0.25) is 0 Å². The first-order chi connectivity index (χ1) is 6.52. The number of nitrogens with zero attached hydrogens (tertiary/aromatic N) is 1. The number of hydrogen-bond acceptors (Lipinski definition) is 3. The minimum absolute atomic E-state index is 0.00667. The zero-order valence-electron chi connectivity index (χ0n) is 8.40. The Morgan fingerprint density at radius 1 is 1.71 bits per heavy atom. The third-order valence-corrected chi connectivity index (χ3v) is 2.25. The Balaban J connectivity index is 2.69. The van der Waals surface area contributed by atoms with Crippen molar-refractivity contribution in [1.29, 1.82) is 0 Å². The van der Waals surface area contributed by atoms with E-state index in [0.717, 1.165) is 0 Å². The van der Waals surface area contributed by atoms with E-state index in [1.165, 1.54) is 4.90 Å². The van der Waals surface area contributed by atoms with Crippen molar-refractivity contribution in [2.75, 3.05) is 6.61 Å². The molecular weight excluding hydrogens is 186 g/mol. The maximum Gasteiger partial charge on any atom is 0.410 e. The summed E-state index contributed by atoms with van der Waals surface area (Å²) in [7, 11) is 0. The zero-order valence-corrected chi connectivity index (χ0v) is 8.40. The third-order valence-electron chi connectivity index (χ3n) is 2.25. The van der Waals surface area contributed by atoms with Crippen molar-refractivity contribution in [1.82, 2.24) is 4.90 Å². The van der Waals surface area contributed by atoms with E-state index >= 15 is 0 Å². The highest BCUT2D eigenvalue weighted by Crippen LogP contribution is 2.19. The Morgan fingerprint density at radius 3 is 2.86 bits per heavy atom. The van der Waals surface area contributed by atoms with E-state index in [4.69, 9.17) is 9.84 Å². The topological polar surface area (TPSA) is 66.8 Å². The number of ether oxygens (including phenoxy) is 1. The number of rotatable bonds is 3. The second-order valence-corrected chi connectivity index (χ2v) is 3.66. The Labute approximate surface area is 82.6 Å². The van der Waals surface area contributed by atoms with Gasteiger partial charge in [0.2, 0.25) is 0 Å². The van der Waals surface area contributed by atoms with Crippen LogP contribution in [-0.4, -0.2) is 40.8 Å². The maximum atomic E-state index is 11.3. The van der Waals surface area contributed by atoms with Crippen LogP contribution in [0, 0.1) is 0 Å². The number of amides is 1. The molecule has 0 radical (unpaired) electrons. The fraction of sp³-hybridized carbons (Fsp3) is 0.778. The third kappa shape index (κ3) is 2.37. The molecule has 1 aliphatic heterocycles. The van der Waals surface area contributed by atoms with Gasteiger partial charge in [-0.1, -0.05) is 0 Å². The van der Waals surface area contributed by atoms with Crippen LogP contribution in [0.3, 0.4) is 0 Å². The van der Waals surface area contributed by atoms with Gasteiger partial charge in [-0.25, -0.2) is 4.79 Å². The Bertz CT molecular complexity index is 239. The number of carboxylic acid groups (broad SMARTS) is 1. The molecule has 1 N–H and O–H groups in total. The standard InChI is InChI=1S/C9H15NO4/c1-6(2)10-7(5-8(11)12)3-4-14-9(10)13/h6-7H,3-5H2,1-2H3,(H,11,12). The molecule has 1 saturated heterocycles. The molecule has 1 heterocycles. The van der Waals surface area contributed by atoms with Crippen LogP contribution in [0.15, 0.2) is 0 Å². The molecule has 1 unspecified atom stereocenters. The molecule has 0 bridgehead atoms. The Hall–Kier alpha value is -1.26. The summed E-state index contributed by atoms with van der Waals surface area (Å²) in [6.45, 7) is 4.02. The average Bonchev–Trinajstić information content (AvgIpc) is 2.01. The quantitative estimate of drug-likeness (QED) is 0.742. The lowest BCUT2D eigenvalue weighted by atomic mass is 10.1. The number of carboxylic acids is 1. The summed E-state index contributed by atoms with van der Waals surface area (Å²) in [5.74, 6) is -0.879. The van der Waals surface area contributed by atoms with E-state index in [0.29, 0.717) is 13.0 Å². The van der Waals surface area contributed by atoms with Crippen LogP contribution in [0.25, 0.3) is 0 Å². The normalized spacial score (nSPS) is 22.4. The fourth-order valence-electron chi connectivity index (χ4n) is 1.68. The van der Waals surface area contributed by atoms with E-state index in [9.17, 15) is 9.59 Å². The van der Waals surface area contributed by atoms with E-state index in [-0.39, 0.29) is 18.5 Å². The summed E-state index contributed by atoms with van der Waals surface area (Å²) in [5.41, 5.74) is 0. The largest absolute Gasteiger partial charge is 0.481 e. The van der Waals surface area contributed by atoms with Crippen LogP contribution in [0.5, 0.6) is 0 Å². The molecule has 1 atom stereocenters. The molecule has 0 aromatic carbocycles. The molecule has 5 heteroatoms. The zero-order chi connectivity index (χ0) is 10.7. The predicted octanol–water partition coefficient (Wildman–Crippen LogP) is 1.08. The highest BCUT2D eigenvalue weighted by atomic mass is 16.6. The molecule has 1 fully saturated rings. The number of aliphatic carboxylic acids is 1. The van der Waals surface area contributed by atoms with Crippen molar-refractivity contribution in [3.8, 4) is 0 Å². The molecule has 1 rings (SSSR count). The number of hydrogen-bond donors (Lipinski definition) is 1. The second-order valence-electron chi connectivity index (χ2n) is 3.66. The first kappa shape index (κ1) is 10.8. The average molecular weight is 201 g/mol. The molecule has 1 amide bonds. The summed E-state index contributed by atoms with van der Waals surface area (Å²) in [6, 6.07) is -0.249. The van der Waals surface area contributed by atoms with Gasteiger partial charge in [-0.3, -0.25) is 4.79 Å². The molecule has 80 valence electrons. The fourth-order valence-corrected chi connectivity index (χ4v) is 1.68. The molecule has 14 heavy (non-hydrogen) atoms. The summed E-state index contributed by atoms with van der Waals surface area (Å²) < 4.78 is 4.86. The van der Waals surface area contributed by atoms with Crippen molar-refractivity contribution in [2.45, 2.75) is 38.8 Å². The molecule has 1 aliphatic rings. The SMILES string of the molecule is CC(C)N1C(=O)OCCC1CC(=O)O. The molecule has 0 saturated carbocycles.